The first-order valence-corrected chi connectivity index (χ1v) is 13.2. The summed E-state index contributed by atoms with van der Waals surface area (Å²) in [4.78, 5) is 27.8. The molecule has 0 saturated carbocycles. The lowest BCUT2D eigenvalue weighted by Gasteiger charge is -2.33. The largest absolute Gasteiger partial charge is 0.354 e. The summed E-state index contributed by atoms with van der Waals surface area (Å²) >= 11 is 12.3. The monoisotopic (exact) mass is 513 g/mol. The van der Waals surface area contributed by atoms with Crippen molar-refractivity contribution in [3.05, 3.63) is 64.1 Å². The van der Waals surface area contributed by atoms with Gasteiger partial charge in [-0.25, -0.2) is 8.42 Å². The van der Waals surface area contributed by atoms with Crippen LogP contribution < -0.4 is 9.62 Å². The second-order valence-corrected chi connectivity index (χ2v) is 10.3. The van der Waals surface area contributed by atoms with E-state index >= 15 is 0 Å². The molecule has 0 heterocycles. The van der Waals surface area contributed by atoms with Crippen molar-refractivity contribution in [1.29, 1.82) is 0 Å². The minimum absolute atomic E-state index is 0.0271. The van der Waals surface area contributed by atoms with Gasteiger partial charge in [0, 0.05) is 23.1 Å². The molecule has 33 heavy (non-hydrogen) atoms. The Labute approximate surface area is 205 Å². The summed E-state index contributed by atoms with van der Waals surface area (Å²) in [5, 5.41) is 3.62. The molecule has 1 atom stereocenters. The maximum Gasteiger partial charge on any atom is 0.244 e. The van der Waals surface area contributed by atoms with Gasteiger partial charge >= 0.3 is 0 Å². The molecular formula is C23H29Cl2N3O4S. The average Bonchev–Trinajstić information content (AvgIpc) is 2.76. The van der Waals surface area contributed by atoms with Gasteiger partial charge in [0.15, 0.2) is 0 Å². The first-order valence-electron chi connectivity index (χ1n) is 10.6. The van der Waals surface area contributed by atoms with Crippen molar-refractivity contribution in [2.24, 2.45) is 0 Å². The van der Waals surface area contributed by atoms with Crippen LogP contribution in [0.4, 0.5) is 5.69 Å². The number of carbonyl (C=O) groups excluding carboxylic acids is 2. The maximum atomic E-state index is 13.5. The van der Waals surface area contributed by atoms with Crippen LogP contribution in [0.2, 0.25) is 10.0 Å². The van der Waals surface area contributed by atoms with Gasteiger partial charge in [0.1, 0.15) is 12.6 Å². The summed E-state index contributed by atoms with van der Waals surface area (Å²) in [7, 11) is -3.76. The quantitative estimate of drug-likeness (QED) is 0.490. The molecule has 180 valence electrons. The van der Waals surface area contributed by atoms with Crippen LogP contribution in [-0.4, -0.2) is 50.5 Å². The van der Waals surface area contributed by atoms with E-state index in [0.717, 1.165) is 17.0 Å². The van der Waals surface area contributed by atoms with Gasteiger partial charge in [-0.1, -0.05) is 61.3 Å². The summed E-state index contributed by atoms with van der Waals surface area (Å²) in [6.07, 6.45) is 2.13. The van der Waals surface area contributed by atoms with E-state index in [2.05, 4.69) is 5.32 Å². The zero-order valence-corrected chi connectivity index (χ0v) is 21.3. The lowest BCUT2D eigenvalue weighted by Crippen LogP contribution is -2.52. The molecule has 7 nitrogen and oxygen atoms in total. The predicted molar refractivity (Wildman–Crippen MR) is 133 cm³/mol. The van der Waals surface area contributed by atoms with Gasteiger partial charge in [-0.15, -0.1) is 0 Å². The molecule has 2 amide bonds. The van der Waals surface area contributed by atoms with Crippen LogP contribution in [0.3, 0.4) is 0 Å². The lowest BCUT2D eigenvalue weighted by atomic mass is 10.1. The molecule has 0 aliphatic rings. The number of nitrogens with one attached hydrogen (secondary N) is 1. The number of hydrogen-bond acceptors (Lipinski definition) is 4. The molecule has 0 aliphatic heterocycles. The minimum Gasteiger partial charge on any atom is -0.354 e. The summed E-state index contributed by atoms with van der Waals surface area (Å²) in [5.41, 5.74) is 0.961. The van der Waals surface area contributed by atoms with Gasteiger partial charge in [0.2, 0.25) is 21.8 Å². The number of benzene rings is 2. The van der Waals surface area contributed by atoms with E-state index in [4.69, 9.17) is 23.2 Å². The number of sulfonamides is 1. The Morgan fingerprint density at radius 2 is 1.73 bits per heavy atom. The van der Waals surface area contributed by atoms with E-state index in [1.165, 1.54) is 4.90 Å². The fraction of sp³-hybridized carbons (Fsp3) is 0.391. The molecule has 1 N–H and O–H groups in total. The number of carbonyl (C=O) groups is 2. The van der Waals surface area contributed by atoms with Crippen LogP contribution in [0.25, 0.3) is 0 Å². The third-order valence-electron chi connectivity index (χ3n) is 5.01. The molecule has 2 aromatic rings. The van der Waals surface area contributed by atoms with Gasteiger partial charge < -0.3 is 10.2 Å². The second kappa shape index (κ2) is 12.3. The van der Waals surface area contributed by atoms with Gasteiger partial charge in [0.25, 0.3) is 0 Å². The third kappa shape index (κ3) is 7.62. The van der Waals surface area contributed by atoms with Gasteiger partial charge in [0.05, 0.1) is 11.9 Å². The Morgan fingerprint density at radius 3 is 2.27 bits per heavy atom. The van der Waals surface area contributed by atoms with Crippen molar-refractivity contribution in [3.63, 3.8) is 0 Å². The molecule has 0 aliphatic carbocycles. The second-order valence-electron chi connectivity index (χ2n) is 7.58. The van der Waals surface area contributed by atoms with Crippen molar-refractivity contribution in [2.75, 3.05) is 23.7 Å². The SMILES string of the molecule is CCCNC(=O)[C@@H](CC)N(Cc1ccc(Cl)cc1Cl)C(=O)CN(c1ccccc1)S(C)(=O)=O. The van der Waals surface area contributed by atoms with E-state index in [1.807, 2.05) is 6.92 Å². The smallest absolute Gasteiger partial charge is 0.244 e. The van der Waals surface area contributed by atoms with Crippen molar-refractivity contribution in [2.45, 2.75) is 39.3 Å². The van der Waals surface area contributed by atoms with E-state index in [0.29, 0.717) is 34.3 Å². The Bertz CT molecular complexity index is 1060. The highest BCUT2D eigenvalue weighted by Gasteiger charge is 2.31. The molecule has 2 aromatic carbocycles. The van der Waals surface area contributed by atoms with E-state index in [9.17, 15) is 18.0 Å². The number of hydrogen-bond donors (Lipinski definition) is 1. The van der Waals surface area contributed by atoms with E-state index < -0.39 is 28.5 Å². The average molecular weight is 514 g/mol. The number of nitrogens with zero attached hydrogens (tertiary/aromatic N) is 2. The van der Waals surface area contributed by atoms with Gasteiger partial charge in [-0.3, -0.25) is 13.9 Å². The third-order valence-corrected chi connectivity index (χ3v) is 6.74. The van der Waals surface area contributed by atoms with Crippen molar-refractivity contribution in [1.82, 2.24) is 10.2 Å². The first-order chi connectivity index (χ1) is 15.6. The molecule has 0 bridgehead atoms. The van der Waals surface area contributed by atoms with Crippen LogP contribution in [-0.2, 0) is 26.2 Å². The first kappa shape index (κ1) is 27.0. The standard InChI is InChI=1S/C23H29Cl2N3O4S/c1-4-13-26-23(30)21(5-2)27(15-17-11-12-18(24)14-20(17)25)22(29)16-28(33(3,31)32)19-9-7-6-8-10-19/h6-12,14,21H,4-5,13,15-16H2,1-3H3,(H,26,30)/t21-/m1/s1. The summed E-state index contributed by atoms with van der Waals surface area (Å²) in [6.45, 7) is 3.77. The fourth-order valence-electron chi connectivity index (χ4n) is 3.33. The van der Waals surface area contributed by atoms with Crippen LogP contribution in [0.1, 0.15) is 32.3 Å². The summed E-state index contributed by atoms with van der Waals surface area (Å²) in [5.74, 6) is -0.822. The van der Waals surface area contributed by atoms with Crippen molar-refractivity contribution in [3.8, 4) is 0 Å². The van der Waals surface area contributed by atoms with Gasteiger partial charge in [-0.05, 0) is 42.7 Å². The highest BCUT2D eigenvalue weighted by molar-refractivity contribution is 7.92. The number of rotatable bonds is 11. The Balaban J connectivity index is 2.43. The maximum absolute atomic E-state index is 13.5. The zero-order valence-electron chi connectivity index (χ0n) is 18.9. The number of amides is 2. The highest BCUT2D eigenvalue weighted by Crippen LogP contribution is 2.24. The van der Waals surface area contributed by atoms with Crippen LogP contribution in [0, 0.1) is 0 Å². The summed E-state index contributed by atoms with van der Waals surface area (Å²) < 4.78 is 26.0. The molecule has 0 saturated heterocycles. The molecule has 0 spiro atoms. The number of halogens is 2. The van der Waals surface area contributed by atoms with Gasteiger partial charge in [-0.2, -0.15) is 0 Å². The normalized spacial score (nSPS) is 12.2. The zero-order chi connectivity index (χ0) is 24.6. The molecule has 10 heteroatoms. The molecule has 0 fully saturated rings. The Morgan fingerprint density at radius 1 is 1.06 bits per heavy atom. The predicted octanol–water partition coefficient (Wildman–Crippen LogP) is 4.09. The van der Waals surface area contributed by atoms with E-state index in [-0.39, 0.29) is 12.5 Å². The van der Waals surface area contributed by atoms with Crippen molar-refractivity contribution < 1.29 is 18.0 Å². The molecular weight excluding hydrogens is 485 g/mol. The Kier molecular flexibility index (Phi) is 10.0. The van der Waals surface area contributed by atoms with Crippen LogP contribution in [0.5, 0.6) is 0 Å². The lowest BCUT2D eigenvalue weighted by molar-refractivity contribution is -0.140. The molecule has 0 aromatic heterocycles. The van der Waals surface area contributed by atoms with Crippen LogP contribution in [0.15, 0.2) is 48.5 Å². The topological polar surface area (TPSA) is 86.8 Å². The van der Waals surface area contributed by atoms with Crippen molar-refractivity contribution >= 4 is 50.7 Å². The molecule has 0 radical (unpaired) electrons. The van der Waals surface area contributed by atoms with E-state index in [1.54, 1.807) is 55.5 Å². The minimum atomic E-state index is -3.76. The molecule has 2 rings (SSSR count). The van der Waals surface area contributed by atoms with Crippen LogP contribution >= 0.6 is 23.2 Å². The number of para-hydroxylation sites is 1. The summed E-state index contributed by atoms with van der Waals surface area (Å²) in [6, 6.07) is 12.5. The Hall–Kier alpha value is -2.29. The fourth-order valence-corrected chi connectivity index (χ4v) is 4.64. The molecule has 0 unspecified atom stereocenters. The highest BCUT2D eigenvalue weighted by atomic mass is 35.5. The number of anilines is 1.